The molecule has 0 bridgehead atoms. The fourth-order valence-electron chi connectivity index (χ4n) is 3.82. The average Bonchev–Trinajstić information content (AvgIpc) is 3.42. The van der Waals surface area contributed by atoms with Crippen LogP contribution in [0.5, 0.6) is 0 Å². The number of hydrogen-bond acceptors (Lipinski definition) is 3. The maximum Gasteiger partial charge on any atom is 0.182 e. The Balaban J connectivity index is 1.59. The maximum atomic E-state index is 5.99. The molecule has 0 spiro atoms. The predicted molar refractivity (Wildman–Crippen MR) is 120 cm³/mol. The zero-order valence-electron chi connectivity index (χ0n) is 16.1. The van der Waals surface area contributed by atoms with E-state index in [9.17, 15) is 0 Å². The Bertz CT molecular complexity index is 1480. The summed E-state index contributed by atoms with van der Waals surface area (Å²) in [5.74, 6) is 1.51. The summed E-state index contributed by atoms with van der Waals surface area (Å²) in [5, 5.41) is 7.04. The Hall–Kier alpha value is -4.18. The van der Waals surface area contributed by atoms with Crippen molar-refractivity contribution in [2.24, 2.45) is 0 Å². The van der Waals surface area contributed by atoms with Gasteiger partial charge in [0.25, 0.3) is 0 Å². The first-order valence-corrected chi connectivity index (χ1v) is 9.86. The van der Waals surface area contributed by atoms with Crippen LogP contribution in [0, 0.1) is 0 Å². The van der Waals surface area contributed by atoms with E-state index in [0.29, 0.717) is 5.82 Å². The minimum Gasteiger partial charge on any atom is -0.456 e. The highest BCUT2D eigenvalue weighted by molar-refractivity contribution is 6.05. The lowest BCUT2D eigenvalue weighted by Crippen LogP contribution is -1.99. The molecule has 0 aliphatic heterocycles. The molecule has 4 nitrogen and oxygen atoms in total. The predicted octanol–water partition coefficient (Wildman–Crippen LogP) is 6.50. The van der Waals surface area contributed by atoms with Crippen LogP contribution in [0.3, 0.4) is 0 Å². The van der Waals surface area contributed by atoms with Gasteiger partial charge in [0.15, 0.2) is 11.6 Å². The van der Waals surface area contributed by atoms with Gasteiger partial charge in [0, 0.05) is 21.9 Å². The number of aromatic nitrogens is 3. The Morgan fingerprint density at radius 2 is 1.27 bits per heavy atom. The fraction of sp³-hybridized carbons (Fsp3) is 0. The van der Waals surface area contributed by atoms with Crippen molar-refractivity contribution in [2.75, 3.05) is 0 Å². The van der Waals surface area contributed by atoms with Gasteiger partial charge in [0.05, 0.1) is 5.69 Å². The van der Waals surface area contributed by atoms with Crippen LogP contribution in [0.25, 0.3) is 50.4 Å². The van der Waals surface area contributed by atoms with Crippen molar-refractivity contribution < 1.29 is 4.42 Å². The second-order valence-corrected chi connectivity index (χ2v) is 7.18. The van der Waals surface area contributed by atoms with Gasteiger partial charge < -0.3 is 4.42 Å². The summed E-state index contributed by atoms with van der Waals surface area (Å²) in [7, 11) is 0. The van der Waals surface area contributed by atoms with Gasteiger partial charge in [0.2, 0.25) is 0 Å². The lowest BCUT2D eigenvalue weighted by atomic mass is 10.1. The first-order valence-electron chi connectivity index (χ1n) is 9.86. The third kappa shape index (κ3) is 2.70. The van der Waals surface area contributed by atoms with Crippen molar-refractivity contribution in [1.29, 1.82) is 0 Å². The molecular weight excluding hydrogens is 370 g/mol. The summed E-state index contributed by atoms with van der Waals surface area (Å²) in [6.45, 7) is 0. The van der Waals surface area contributed by atoms with E-state index in [4.69, 9.17) is 14.5 Å². The summed E-state index contributed by atoms with van der Waals surface area (Å²) in [6.07, 6.45) is 0. The standard InChI is InChI=1S/C26H17N3O/c1-3-9-18(10-4-1)25-27-26(19-11-5-2-6-12-19)29(28-25)20-15-16-24-22(17-20)21-13-7-8-14-23(21)30-24/h1-17H. The lowest BCUT2D eigenvalue weighted by Gasteiger charge is -2.06. The molecule has 2 aromatic heterocycles. The minimum atomic E-state index is 0.701. The van der Waals surface area contributed by atoms with Gasteiger partial charge >= 0.3 is 0 Å². The number of rotatable bonds is 3. The average molecular weight is 387 g/mol. The Kier molecular flexibility index (Phi) is 3.74. The van der Waals surface area contributed by atoms with Gasteiger partial charge in [0.1, 0.15) is 11.2 Å². The van der Waals surface area contributed by atoms with Crippen molar-refractivity contribution in [3.05, 3.63) is 103 Å². The van der Waals surface area contributed by atoms with Crippen LogP contribution in [0.15, 0.2) is 108 Å². The topological polar surface area (TPSA) is 43.9 Å². The molecule has 142 valence electrons. The van der Waals surface area contributed by atoms with Gasteiger partial charge in [-0.1, -0.05) is 78.9 Å². The Labute approximate surface area is 173 Å². The summed E-state index contributed by atoms with van der Waals surface area (Å²) >= 11 is 0. The number of nitrogens with zero attached hydrogens (tertiary/aromatic N) is 3. The number of benzene rings is 4. The highest BCUT2D eigenvalue weighted by Gasteiger charge is 2.16. The van der Waals surface area contributed by atoms with Gasteiger partial charge in [-0.05, 0) is 24.3 Å². The van der Waals surface area contributed by atoms with E-state index < -0.39 is 0 Å². The van der Waals surface area contributed by atoms with E-state index in [2.05, 4.69) is 24.3 Å². The van der Waals surface area contributed by atoms with Gasteiger partial charge in [-0.15, -0.1) is 5.10 Å². The zero-order valence-corrected chi connectivity index (χ0v) is 16.1. The van der Waals surface area contributed by atoms with Crippen molar-refractivity contribution >= 4 is 21.9 Å². The van der Waals surface area contributed by atoms with Crippen LogP contribution in [-0.4, -0.2) is 14.8 Å². The number of furan rings is 1. The first kappa shape index (κ1) is 16.7. The third-order valence-corrected chi connectivity index (χ3v) is 5.28. The van der Waals surface area contributed by atoms with Crippen LogP contribution in [-0.2, 0) is 0 Å². The molecule has 0 amide bonds. The molecule has 0 N–H and O–H groups in total. The normalized spacial score (nSPS) is 11.3. The highest BCUT2D eigenvalue weighted by atomic mass is 16.3. The van der Waals surface area contributed by atoms with E-state index in [1.54, 1.807) is 0 Å². The van der Waals surface area contributed by atoms with E-state index in [1.807, 2.05) is 83.5 Å². The molecule has 6 rings (SSSR count). The Morgan fingerprint density at radius 3 is 2.07 bits per heavy atom. The second kappa shape index (κ2) is 6.71. The largest absolute Gasteiger partial charge is 0.456 e. The van der Waals surface area contributed by atoms with E-state index >= 15 is 0 Å². The van der Waals surface area contributed by atoms with Crippen LogP contribution < -0.4 is 0 Å². The van der Waals surface area contributed by atoms with Crippen LogP contribution in [0.2, 0.25) is 0 Å². The third-order valence-electron chi connectivity index (χ3n) is 5.28. The number of fused-ring (bicyclic) bond motifs is 3. The fourth-order valence-corrected chi connectivity index (χ4v) is 3.82. The molecule has 0 radical (unpaired) electrons. The van der Waals surface area contributed by atoms with Crippen molar-refractivity contribution in [3.8, 4) is 28.5 Å². The van der Waals surface area contributed by atoms with Gasteiger partial charge in [-0.25, -0.2) is 9.67 Å². The molecule has 6 aromatic rings. The first-order chi connectivity index (χ1) is 14.9. The van der Waals surface area contributed by atoms with Gasteiger partial charge in [-0.3, -0.25) is 0 Å². The minimum absolute atomic E-state index is 0.701. The van der Waals surface area contributed by atoms with Crippen LogP contribution >= 0.6 is 0 Å². The monoisotopic (exact) mass is 387 g/mol. The number of hydrogen-bond donors (Lipinski definition) is 0. The van der Waals surface area contributed by atoms with Crippen molar-refractivity contribution in [1.82, 2.24) is 14.8 Å². The molecule has 0 saturated heterocycles. The molecule has 0 fully saturated rings. The highest BCUT2D eigenvalue weighted by Crippen LogP contribution is 2.32. The van der Waals surface area contributed by atoms with E-state index in [1.165, 1.54) is 0 Å². The molecule has 4 heteroatoms. The summed E-state index contributed by atoms with van der Waals surface area (Å²) in [4.78, 5) is 4.89. The Morgan fingerprint density at radius 1 is 0.600 bits per heavy atom. The molecule has 0 atom stereocenters. The van der Waals surface area contributed by atoms with E-state index in [0.717, 1.165) is 44.6 Å². The molecule has 0 aliphatic carbocycles. The second-order valence-electron chi connectivity index (χ2n) is 7.18. The van der Waals surface area contributed by atoms with Crippen LogP contribution in [0.4, 0.5) is 0 Å². The number of para-hydroxylation sites is 1. The molecule has 4 aromatic carbocycles. The summed E-state index contributed by atoms with van der Waals surface area (Å²) in [6, 6.07) is 34.5. The maximum absolute atomic E-state index is 5.99. The van der Waals surface area contributed by atoms with Gasteiger partial charge in [-0.2, -0.15) is 0 Å². The van der Waals surface area contributed by atoms with Crippen molar-refractivity contribution in [3.63, 3.8) is 0 Å². The van der Waals surface area contributed by atoms with Crippen LogP contribution in [0.1, 0.15) is 0 Å². The molecule has 2 heterocycles. The zero-order chi connectivity index (χ0) is 19.9. The molecule has 0 aliphatic rings. The quantitative estimate of drug-likeness (QED) is 0.348. The lowest BCUT2D eigenvalue weighted by molar-refractivity contribution is 0.668. The SMILES string of the molecule is c1ccc(-c2nc(-c3ccccc3)n(-c3ccc4oc5ccccc5c4c3)n2)cc1. The van der Waals surface area contributed by atoms with E-state index in [-0.39, 0.29) is 0 Å². The summed E-state index contributed by atoms with van der Waals surface area (Å²) in [5.41, 5.74) is 4.70. The molecule has 30 heavy (non-hydrogen) atoms. The smallest absolute Gasteiger partial charge is 0.182 e. The molecular formula is C26H17N3O. The molecule has 0 unspecified atom stereocenters. The molecule has 0 saturated carbocycles. The van der Waals surface area contributed by atoms with Crippen molar-refractivity contribution in [2.45, 2.75) is 0 Å². The summed E-state index contributed by atoms with van der Waals surface area (Å²) < 4.78 is 7.90.